The summed E-state index contributed by atoms with van der Waals surface area (Å²) in [5.74, 6) is 0. The first-order valence-electron chi connectivity index (χ1n) is 4.79. The van der Waals surface area contributed by atoms with Gasteiger partial charge in [0.25, 0.3) is 0 Å². The van der Waals surface area contributed by atoms with E-state index in [4.69, 9.17) is 5.11 Å². The van der Waals surface area contributed by atoms with E-state index >= 15 is 0 Å². The van der Waals surface area contributed by atoms with E-state index in [0.29, 0.717) is 6.42 Å². The highest BCUT2D eigenvalue weighted by Gasteiger charge is 2.08. The number of hydrogen-bond donors (Lipinski definition) is 1. The van der Waals surface area contributed by atoms with Crippen molar-refractivity contribution in [2.24, 2.45) is 0 Å². The minimum atomic E-state index is 0.152. The molecule has 0 aliphatic carbocycles. The van der Waals surface area contributed by atoms with Crippen LogP contribution in [0.3, 0.4) is 0 Å². The predicted molar refractivity (Wildman–Crippen MR) is 60.9 cm³/mol. The minimum absolute atomic E-state index is 0.152. The normalized spacial score (nSPS) is 10.5. The molecule has 2 aromatic heterocycles. The van der Waals surface area contributed by atoms with Gasteiger partial charge in [0.1, 0.15) is 0 Å². The van der Waals surface area contributed by atoms with Crippen LogP contribution in [0.15, 0.2) is 24.5 Å². The molecule has 0 saturated heterocycles. The second kappa shape index (κ2) is 4.51. The van der Waals surface area contributed by atoms with Crippen LogP contribution >= 0.6 is 11.3 Å². The summed E-state index contributed by atoms with van der Waals surface area (Å²) in [5.41, 5.74) is 2.10. The Kier molecular flexibility index (Phi) is 3.08. The van der Waals surface area contributed by atoms with Gasteiger partial charge in [-0.3, -0.25) is 4.98 Å². The summed E-state index contributed by atoms with van der Waals surface area (Å²) in [6.07, 6.45) is 4.23. The van der Waals surface area contributed by atoms with Gasteiger partial charge in [0.05, 0.1) is 15.6 Å². The summed E-state index contributed by atoms with van der Waals surface area (Å²) in [6.45, 7) is 2.14. The molecule has 2 heterocycles. The highest BCUT2D eigenvalue weighted by Crippen LogP contribution is 2.29. The van der Waals surface area contributed by atoms with Gasteiger partial charge in [-0.15, -0.1) is 11.3 Å². The number of aryl methyl sites for hydroxylation is 1. The van der Waals surface area contributed by atoms with E-state index < -0.39 is 0 Å². The summed E-state index contributed by atoms with van der Waals surface area (Å²) < 4.78 is 0. The fraction of sp³-hybridized carbons (Fsp3) is 0.273. The van der Waals surface area contributed by atoms with E-state index in [0.717, 1.165) is 21.1 Å². The Morgan fingerprint density at radius 2 is 2.33 bits per heavy atom. The van der Waals surface area contributed by atoms with Crippen LogP contribution in [0.5, 0.6) is 0 Å². The molecule has 2 rings (SSSR count). The number of pyridine rings is 1. The third-order valence-electron chi connectivity index (χ3n) is 2.09. The number of aliphatic hydroxyl groups excluding tert-OH is 1. The van der Waals surface area contributed by atoms with Crippen molar-refractivity contribution < 1.29 is 5.11 Å². The zero-order valence-electron chi connectivity index (χ0n) is 8.47. The average Bonchev–Trinajstić information content (AvgIpc) is 2.61. The van der Waals surface area contributed by atoms with Gasteiger partial charge < -0.3 is 5.11 Å². The van der Waals surface area contributed by atoms with Gasteiger partial charge in [-0.1, -0.05) is 6.07 Å². The lowest BCUT2D eigenvalue weighted by Crippen LogP contribution is -1.88. The smallest absolute Gasteiger partial charge is 0.0957 e. The minimum Gasteiger partial charge on any atom is -0.396 e. The molecule has 0 saturated carbocycles. The third kappa shape index (κ3) is 2.22. The fourth-order valence-electron chi connectivity index (χ4n) is 1.42. The third-order valence-corrected chi connectivity index (χ3v) is 3.36. The van der Waals surface area contributed by atoms with Gasteiger partial charge in [0.2, 0.25) is 0 Å². The van der Waals surface area contributed by atoms with Crippen LogP contribution in [0.4, 0.5) is 0 Å². The predicted octanol–water partition coefficient (Wildman–Crippen LogP) is 2.05. The molecule has 0 atom stereocenters. The number of nitrogens with zero attached hydrogens (tertiary/aromatic N) is 2. The van der Waals surface area contributed by atoms with Crippen LogP contribution in [0.1, 0.15) is 10.7 Å². The molecule has 0 fully saturated rings. The Morgan fingerprint density at radius 3 is 3.00 bits per heavy atom. The molecule has 0 radical (unpaired) electrons. The zero-order chi connectivity index (χ0) is 10.7. The van der Waals surface area contributed by atoms with Gasteiger partial charge in [0.15, 0.2) is 0 Å². The van der Waals surface area contributed by atoms with Crippen LogP contribution < -0.4 is 0 Å². The van der Waals surface area contributed by atoms with Gasteiger partial charge in [-0.05, 0) is 13.0 Å². The lowest BCUT2D eigenvalue weighted by Gasteiger charge is -1.95. The fourth-order valence-corrected chi connectivity index (χ4v) is 2.46. The molecule has 4 heteroatoms. The van der Waals surface area contributed by atoms with Crippen molar-refractivity contribution in [1.82, 2.24) is 9.97 Å². The van der Waals surface area contributed by atoms with E-state index in [1.54, 1.807) is 17.5 Å². The van der Waals surface area contributed by atoms with Crippen LogP contribution in [-0.4, -0.2) is 21.7 Å². The standard InChI is InChI=1S/C11H12N2OS/c1-8-11(9-3-2-5-12-7-9)15-10(13-8)4-6-14/h2-3,5,7,14H,4,6H2,1H3. The van der Waals surface area contributed by atoms with E-state index in [9.17, 15) is 0 Å². The molecule has 0 bridgehead atoms. The summed E-state index contributed by atoms with van der Waals surface area (Å²) >= 11 is 1.63. The molecule has 0 aliphatic heterocycles. The zero-order valence-corrected chi connectivity index (χ0v) is 9.29. The largest absolute Gasteiger partial charge is 0.396 e. The van der Waals surface area contributed by atoms with Crippen molar-refractivity contribution in [3.8, 4) is 10.4 Å². The van der Waals surface area contributed by atoms with Crippen molar-refractivity contribution in [2.75, 3.05) is 6.61 Å². The molecular weight excluding hydrogens is 208 g/mol. The van der Waals surface area contributed by atoms with Crippen molar-refractivity contribution in [1.29, 1.82) is 0 Å². The first kappa shape index (κ1) is 10.3. The maximum Gasteiger partial charge on any atom is 0.0957 e. The summed E-state index contributed by atoms with van der Waals surface area (Å²) in [5, 5.41) is 9.83. The molecule has 0 amide bonds. The molecule has 78 valence electrons. The van der Waals surface area contributed by atoms with Crippen LogP contribution in [-0.2, 0) is 6.42 Å². The van der Waals surface area contributed by atoms with E-state index in [1.165, 1.54) is 0 Å². The molecule has 1 N–H and O–H groups in total. The molecule has 3 nitrogen and oxygen atoms in total. The SMILES string of the molecule is Cc1nc(CCO)sc1-c1cccnc1. The van der Waals surface area contributed by atoms with Gasteiger partial charge in [-0.2, -0.15) is 0 Å². The van der Waals surface area contributed by atoms with Crippen molar-refractivity contribution in [2.45, 2.75) is 13.3 Å². The molecular formula is C11H12N2OS. The Bertz CT molecular complexity index is 439. The van der Waals surface area contributed by atoms with E-state index in [2.05, 4.69) is 9.97 Å². The Balaban J connectivity index is 2.36. The van der Waals surface area contributed by atoms with Crippen molar-refractivity contribution in [3.05, 3.63) is 35.2 Å². The molecule has 0 unspecified atom stereocenters. The molecule has 15 heavy (non-hydrogen) atoms. The monoisotopic (exact) mass is 220 g/mol. The van der Waals surface area contributed by atoms with Crippen LogP contribution in [0, 0.1) is 6.92 Å². The van der Waals surface area contributed by atoms with Gasteiger partial charge in [0, 0.05) is 31.0 Å². The quantitative estimate of drug-likeness (QED) is 0.861. The molecule has 0 aromatic carbocycles. The number of rotatable bonds is 3. The average molecular weight is 220 g/mol. The number of aliphatic hydroxyl groups is 1. The summed E-state index contributed by atoms with van der Waals surface area (Å²) in [7, 11) is 0. The van der Waals surface area contributed by atoms with Crippen LogP contribution in [0.25, 0.3) is 10.4 Å². The highest BCUT2D eigenvalue weighted by molar-refractivity contribution is 7.15. The van der Waals surface area contributed by atoms with Crippen molar-refractivity contribution in [3.63, 3.8) is 0 Å². The Hall–Kier alpha value is -1.26. The maximum atomic E-state index is 8.84. The Labute approximate surface area is 92.5 Å². The number of hydrogen-bond acceptors (Lipinski definition) is 4. The number of aromatic nitrogens is 2. The highest BCUT2D eigenvalue weighted by atomic mass is 32.1. The van der Waals surface area contributed by atoms with E-state index in [-0.39, 0.29) is 6.61 Å². The second-order valence-electron chi connectivity index (χ2n) is 3.24. The van der Waals surface area contributed by atoms with Crippen molar-refractivity contribution >= 4 is 11.3 Å². The molecule has 0 spiro atoms. The second-order valence-corrected chi connectivity index (χ2v) is 4.32. The Morgan fingerprint density at radius 1 is 1.47 bits per heavy atom. The lowest BCUT2D eigenvalue weighted by molar-refractivity contribution is 0.299. The lowest BCUT2D eigenvalue weighted by atomic mass is 10.2. The number of thiazole rings is 1. The van der Waals surface area contributed by atoms with E-state index in [1.807, 2.05) is 25.3 Å². The summed E-state index contributed by atoms with van der Waals surface area (Å²) in [6, 6.07) is 3.94. The topological polar surface area (TPSA) is 46.0 Å². The summed E-state index contributed by atoms with van der Waals surface area (Å²) in [4.78, 5) is 9.64. The van der Waals surface area contributed by atoms with Gasteiger partial charge in [-0.25, -0.2) is 4.98 Å². The maximum absolute atomic E-state index is 8.84. The molecule has 2 aromatic rings. The molecule has 0 aliphatic rings. The van der Waals surface area contributed by atoms with Gasteiger partial charge >= 0.3 is 0 Å². The van der Waals surface area contributed by atoms with Crippen LogP contribution in [0.2, 0.25) is 0 Å². The first-order valence-corrected chi connectivity index (χ1v) is 5.60. The first-order chi connectivity index (χ1) is 7.31.